The fraction of sp³-hybridized carbons (Fsp3) is 0.800. The van der Waals surface area contributed by atoms with Gasteiger partial charge in [-0.15, -0.1) is 0 Å². The number of hydrogen-bond acceptors (Lipinski definition) is 4. The minimum atomic E-state index is -1.34. The predicted molar refractivity (Wildman–Crippen MR) is 98.7 cm³/mol. The van der Waals surface area contributed by atoms with E-state index in [0.717, 1.165) is 12.8 Å². The van der Waals surface area contributed by atoms with Crippen molar-refractivity contribution in [1.82, 2.24) is 0 Å². The van der Waals surface area contributed by atoms with Gasteiger partial charge >= 0.3 is 37.7 Å². The van der Waals surface area contributed by atoms with Crippen LogP contribution in [-0.4, -0.2) is 49.7 Å². The summed E-state index contributed by atoms with van der Waals surface area (Å²) in [5, 5.41) is 21.2. The number of carboxylic acid groups (broad SMARTS) is 2. The van der Waals surface area contributed by atoms with Gasteiger partial charge in [0.2, 0.25) is 0 Å². The largest absolute Gasteiger partial charge is 2.00 e. The Morgan fingerprint density at radius 1 is 0.800 bits per heavy atom. The van der Waals surface area contributed by atoms with Gasteiger partial charge in [-0.3, -0.25) is 0 Å². The molecule has 0 bridgehead atoms. The first-order valence-electron chi connectivity index (χ1n) is 9.63. The number of hydrogen-bond donors (Lipinski definition) is 0. The minimum Gasteiger partial charge on any atom is -0.550 e. The van der Waals surface area contributed by atoms with Crippen molar-refractivity contribution in [3.63, 3.8) is 0 Å². The van der Waals surface area contributed by atoms with Crippen molar-refractivity contribution in [2.75, 3.05) is 0 Å². The summed E-state index contributed by atoms with van der Waals surface area (Å²) in [4.78, 5) is 21.2. The van der Waals surface area contributed by atoms with E-state index in [9.17, 15) is 19.8 Å². The molecule has 1 atom stereocenters. The molecule has 0 fully saturated rings. The summed E-state index contributed by atoms with van der Waals surface area (Å²) in [6.07, 6.45) is 18.7. The maximum atomic E-state index is 10.8. The Morgan fingerprint density at radius 3 is 1.72 bits per heavy atom. The first kappa shape index (κ1) is 27.2. The van der Waals surface area contributed by atoms with Crippen molar-refractivity contribution < 1.29 is 19.8 Å². The fourth-order valence-corrected chi connectivity index (χ4v) is 2.77. The van der Waals surface area contributed by atoms with Gasteiger partial charge in [-0.05, 0) is 25.7 Å². The second kappa shape index (κ2) is 20.3. The van der Waals surface area contributed by atoms with E-state index in [0.29, 0.717) is 0 Å². The fourth-order valence-electron chi connectivity index (χ4n) is 2.77. The normalized spacial score (nSPS) is 12.0. The molecule has 4 nitrogen and oxygen atoms in total. The summed E-state index contributed by atoms with van der Waals surface area (Å²) >= 11 is 0. The van der Waals surface area contributed by atoms with Gasteiger partial charge < -0.3 is 19.8 Å². The number of unbranched alkanes of at least 4 members (excludes halogenated alkanes) is 11. The average Bonchev–Trinajstić information content (AvgIpc) is 2.53. The molecule has 0 radical (unpaired) electrons. The van der Waals surface area contributed by atoms with Gasteiger partial charge in [0.1, 0.15) is 0 Å². The van der Waals surface area contributed by atoms with Crippen LogP contribution in [0, 0.1) is 5.92 Å². The molecule has 25 heavy (non-hydrogen) atoms. The Balaban J connectivity index is 0. The van der Waals surface area contributed by atoms with Crippen LogP contribution in [0.15, 0.2) is 12.2 Å². The predicted octanol–water partition coefficient (Wildman–Crippen LogP) is 2.76. The zero-order valence-corrected chi connectivity index (χ0v) is 18.2. The van der Waals surface area contributed by atoms with E-state index in [1.54, 1.807) is 6.08 Å². The van der Waals surface area contributed by atoms with Crippen LogP contribution < -0.4 is 10.2 Å². The number of aliphatic carboxylic acids is 2. The number of carboxylic acids is 2. The van der Waals surface area contributed by atoms with Gasteiger partial charge in [0.05, 0.1) is 0 Å². The molecule has 0 N–H and O–H groups in total. The Morgan fingerprint density at radius 2 is 1.28 bits per heavy atom. The topological polar surface area (TPSA) is 80.3 Å². The van der Waals surface area contributed by atoms with E-state index < -0.39 is 24.3 Å². The third-order valence-electron chi connectivity index (χ3n) is 4.31. The molecule has 0 rings (SSSR count). The summed E-state index contributed by atoms with van der Waals surface area (Å²) in [5.41, 5.74) is 0. The molecule has 0 aromatic rings. The van der Waals surface area contributed by atoms with Crippen LogP contribution in [-0.2, 0) is 9.59 Å². The average molecular weight is 379 g/mol. The van der Waals surface area contributed by atoms with E-state index in [-0.39, 0.29) is 44.2 Å². The van der Waals surface area contributed by atoms with Gasteiger partial charge in [0, 0.05) is 17.9 Å². The number of rotatable bonds is 17. The molecule has 0 spiro atoms. The van der Waals surface area contributed by atoms with Gasteiger partial charge in [0.15, 0.2) is 0 Å². The molecule has 0 amide bonds. The molecule has 0 aliphatic heterocycles. The Kier molecular flexibility index (Phi) is 22.0. The molecule has 5 heteroatoms. The molecule has 0 heterocycles. The van der Waals surface area contributed by atoms with Crippen LogP contribution in [0.4, 0.5) is 0 Å². The zero-order valence-electron chi connectivity index (χ0n) is 16.0. The minimum absolute atomic E-state index is 0. The van der Waals surface area contributed by atoms with Crippen LogP contribution in [0.3, 0.4) is 0 Å². The van der Waals surface area contributed by atoms with Crippen LogP contribution >= 0.6 is 0 Å². The second-order valence-corrected chi connectivity index (χ2v) is 6.62. The van der Waals surface area contributed by atoms with Crippen LogP contribution in [0.1, 0.15) is 96.8 Å². The molecule has 0 aromatic heterocycles. The molecular formula is C20H34CaO4. The van der Waals surface area contributed by atoms with Crippen LogP contribution in [0.5, 0.6) is 0 Å². The van der Waals surface area contributed by atoms with Gasteiger partial charge in [0.25, 0.3) is 0 Å². The van der Waals surface area contributed by atoms with Crippen LogP contribution in [0.25, 0.3) is 0 Å². The summed E-state index contributed by atoms with van der Waals surface area (Å²) in [5.74, 6) is -3.65. The smallest absolute Gasteiger partial charge is 0.550 e. The molecule has 0 saturated carbocycles. The number of carbonyl (C=O) groups is 2. The first-order valence-corrected chi connectivity index (χ1v) is 9.63. The molecule has 0 aliphatic rings. The van der Waals surface area contributed by atoms with Gasteiger partial charge in [-0.1, -0.05) is 83.3 Å². The van der Waals surface area contributed by atoms with E-state index in [2.05, 4.69) is 6.92 Å². The second-order valence-electron chi connectivity index (χ2n) is 6.62. The van der Waals surface area contributed by atoms with E-state index in [1.165, 1.54) is 64.2 Å². The molecule has 0 aliphatic carbocycles. The number of allylic oxidation sites excluding steroid dienone is 2. The SMILES string of the molecule is CCCCCCCCCCCCC/C=C/CC(CC(=O)[O-])C(=O)[O-].[Ca+2]. The molecule has 140 valence electrons. The standard InChI is InChI=1S/C20H36O4.Ca/c1-2-3-4-5-6-7-8-9-10-11-12-13-14-15-16-18(20(23)24)17-19(21)22;/h14-15,18H,2-13,16-17H2,1H3,(H,21,22)(H,23,24);/q;+2/p-2/b15-14+;. The maximum absolute atomic E-state index is 10.8. The summed E-state index contributed by atoms with van der Waals surface area (Å²) in [6, 6.07) is 0. The number of carbonyl (C=O) groups excluding carboxylic acids is 2. The Hall–Kier alpha value is -0.0603. The monoisotopic (exact) mass is 378 g/mol. The summed E-state index contributed by atoms with van der Waals surface area (Å²) < 4.78 is 0. The van der Waals surface area contributed by atoms with E-state index >= 15 is 0 Å². The zero-order chi connectivity index (χ0) is 18.0. The van der Waals surface area contributed by atoms with Gasteiger partial charge in [-0.2, -0.15) is 0 Å². The molecule has 1 unspecified atom stereocenters. The maximum Gasteiger partial charge on any atom is 2.00 e. The summed E-state index contributed by atoms with van der Waals surface area (Å²) in [6.45, 7) is 2.24. The Bertz CT molecular complexity index is 356. The Labute approximate surface area is 183 Å². The van der Waals surface area contributed by atoms with Crippen molar-refractivity contribution in [2.45, 2.75) is 96.8 Å². The van der Waals surface area contributed by atoms with E-state index in [4.69, 9.17) is 0 Å². The van der Waals surface area contributed by atoms with Crippen molar-refractivity contribution in [3.8, 4) is 0 Å². The summed E-state index contributed by atoms with van der Waals surface area (Å²) in [7, 11) is 0. The molecular weight excluding hydrogens is 344 g/mol. The van der Waals surface area contributed by atoms with Crippen LogP contribution in [0.2, 0.25) is 0 Å². The molecule has 0 saturated heterocycles. The van der Waals surface area contributed by atoms with Crippen molar-refractivity contribution >= 4 is 49.7 Å². The van der Waals surface area contributed by atoms with Crippen molar-refractivity contribution in [2.24, 2.45) is 5.92 Å². The third kappa shape index (κ3) is 20.1. The van der Waals surface area contributed by atoms with Crippen molar-refractivity contribution in [1.29, 1.82) is 0 Å². The quantitative estimate of drug-likeness (QED) is 0.221. The van der Waals surface area contributed by atoms with Crippen molar-refractivity contribution in [3.05, 3.63) is 12.2 Å². The molecule has 0 aromatic carbocycles. The van der Waals surface area contributed by atoms with Gasteiger partial charge in [-0.25, -0.2) is 0 Å². The first-order chi connectivity index (χ1) is 11.6. The third-order valence-corrected chi connectivity index (χ3v) is 4.31. The van der Waals surface area contributed by atoms with E-state index in [1.807, 2.05) is 6.08 Å².